The van der Waals surface area contributed by atoms with Crippen molar-refractivity contribution in [3.63, 3.8) is 0 Å². The fourth-order valence-electron chi connectivity index (χ4n) is 3.11. The van der Waals surface area contributed by atoms with E-state index in [9.17, 15) is 9.59 Å². The third-order valence-electron chi connectivity index (χ3n) is 4.55. The van der Waals surface area contributed by atoms with Crippen LogP contribution in [0.1, 0.15) is 16.1 Å². The van der Waals surface area contributed by atoms with Crippen LogP contribution in [-0.2, 0) is 11.3 Å². The van der Waals surface area contributed by atoms with Gasteiger partial charge in [0.1, 0.15) is 12.4 Å². The second-order valence-electron chi connectivity index (χ2n) is 6.36. The van der Waals surface area contributed by atoms with Crippen LogP contribution in [0.25, 0.3) is 16.5 Å². The number of pyridine rings is 2. The van der Waals surface area contributed by atoms with Crippen LogP contribution in [0.3, 0.4) is 0 Å². The molecule has 0 fully saturated rings. The summed E-state index contributed by atoms with van der Waals surface area (Å²) in [6.45, 7) is 0.0479. The third-order valence-corrected chi connectivity index (χ3v) is 4.55. The maximum atomic E-state index is 13.0. The number of aromatic nitrogens is 2. The lowest BCUT2D eigenvalue weighted by atomic mass is 10.1. The Morgan fingerprint density at radius 1 is 1.00 bits per heavy atom. The van der Waals surface area contributed by atoms with Gasteiger partial charge in [0, 0.05) is 29.2 Å². The van der Waals surface area contributed by atoms with Crippen molar-refractivity contribution in [1.29, 1.82) is 0 Å². The summed E-state index contributed by atoms with van der Waals surface area (Å²) in [5.74, 6) is 0.0883. The Balaban J connectivity index is 1.79. The van der Waals surface area contributed by atoms with Gasteiger partial charge in [-0.25, -0.2) is 4.79 Å². The van der Waals surface area contributed by atoms with Crippen LogP contribution in [0.2, 0.25) is 0 Å². The number of ether oxygens (including phenoxy) is 2. The van der Waals surface area contributed by atoms with Crippen molar-refractivity contribution >= 4 is 16.7 Å². The molecule has 4 rings (SSSR count). The second-order valence-corrected chi connectivity index (χ2v) is 6.36. The Labute approximate surface area is 167 Å². The zero-order valence-corrected chi connectivity index (χ0v) is 15.7. The molecular formula is C23H18N2O4. The van der Waals surface area contributed by atoms with Gasteiger partial charge in [-0.1, -0.05) is 30.3 Å². The van der Waals surface area contributed by atoms with Crippen LogP contribution >= 0.6 is 0 Å². The summed E-state index contributed by atoms with van der Waals surface area (Å²) in [6.07, 6.45) is 3.15. The quantitative estimate of drug-likeness (QED) is 0.489. The minimum Gasteiger partial charge on any atom is -0.497 e. The van der Waals surface area contributed by atoms with Gasteiger partial charge in [-0.15, -0.1) is 0 Å². The average Bonchev–Trinajstić information content (AvgIpc) is 2.78. The topological polar surface area (TPSA) is 70.4 Å². The van der Waals surface area contributed by atoms with E-state index < -0.39 is 5.97 Å². The standard InChI is InChI=1S/C23H18N2O4/c1-28-18-9-6-8-17(13-18)25-14-21(19-10-2-3-11-20(19)22(25)26)23(27)29-15-16-7-4-5-12-24-16/h2-14H,15H2,1H3. The Hall–Kier alpha value is -3.93. The molecule has 6 heteroatoms. The van der Waals surface area contributed by atoms with Gasteiger partial charge in [-0.05, 0) is 30.3 Å². The van der Waals surface area contributed by atoms with Gasteiger partial charge in [0.15, 0.2) is 0 Å². The highest BCUT2D eigenvalue weighted by molar-refractivity contribution is 6.04. The fraction of sp³-hybridized carbons (Fsp3) is 0.0870. The van der Waals surface area contributed by atoms with E-state index in [-0.39, 0.29) is 12.2 Å². The Morgan fingerprint density at radius 3 is 2.55 bits per heavy atom. The van der Waals surface area contributed by atoms with E-state index in [2.05, 4.69) is 4.98 Å². The molecule has 144 valence electrons. The highest BCUT2D eigenvalue weighted by Crippen LogP contribution is 2.21. The lowest BCUT2D eigenvalue weighted by molar-refractivity contribution is 0.0469. The molecule has 0 saturated heterocycles. The Kier molecular flexibility index (Phi) is 5.07. The first-order chi connectivity index (χ1) is 14.2. The molecule has 6 nitrogen and oxygen atoms in total. The maximum Gasteiger partial charge on any atom is 0.340 e. The van der Waals surface area contributed by atoms with Gasteiger partial charge in [0.05, 0.1) is 24.1 Å². The maximum absolute atomic E-state index is 13.0. The van der Waals surface area contributed by atoms with E-state index in [0.29, 0.717) is 33.5 Å². The molecule has 0 spiro atoms. The van der Waals surface area contributed by atoms with Crippen LogP contribution < -0.4 is 10.3 Å². The zero-order chi connectivity index (χ0) is 20.2. The zero-order valence-electron chi connectivity index (χ0n) is 15.7. The van der Waals surface area contributed by atoms with Crippen LogP contribution in [-0.4, -0.2) is 22.6 Å². The second kappa shape index (κ2) is 7.98. The summed E-state index contributed by atoms with van der Waals surface area (Å²) in [6, 6.07) is 19.5. The first-order valence-corrected chi connectivity index (χ1v) is 9.03. The first kappa shape index (κ1) is 18.4. The average molecular weight is 386 g/mol. The summed E-state index contributed by atoms with van der Waals surface area (Å²) in [5, 5.41) is 0.977. The van der Waals surface area contributed by atoms with Gasteiger partial charge in [0.25, 0.3) is 5.56 Å². The summed E-state index contributed by atoms with van der Waals surface area (Å²) >= 11 is 0. The summed E-state index contributed by atoms with van der Waals surface area (Å²) < 4.78 is 12.1. The fourth-order valence-corrected chi connectivity index (χ4v) is 3.11. The lowest BCUT2D eigenvalue weighted by Crippen LogP contribution is -2.21. The number of hydrogen-bond donors (Lipinski definition) is 0. The molecule has 0 bridgehead atoms. The largest absolute Gasteiger partial charge is 0.497 e. The highest BCUT2D eigenvalue weighted by atomic mass is 16.5. The number of rotatable bonds is 5. The van der Waals surface area contributed by atoms with E-state index in [1.165, 1.54) is 10.8 Å². The molecule has 2 aromatic heterocycles. The number of methoxy groups -OCH3 is 1. The lowest BCUT2D eigenvalue weighted by Gasteiger charge is -2.13. The Morgan fingerprint density at radius 2 is 1.79 bits per heavy atom. The van der Waals surface area contributed by atoms with Gasteiger partial charge in [0.2, 0.25) is 0 Å². The van der Waals surface area contributed by atoms with Crippen LogP contribution in [0.5, 0.6) is 5.75 Å². The number of esters is 1. The molecule has 2 aromatic carbocycles. The van der Waals surface area contributed by atoms with E-state index in [1.54, 1.807) is 74.0 Å². The number of fused-ring (bicyclic) bond motifs is 1. The minimum absolute atomic E-state index is 0.0479. The van der Waals surface area contributed by atoms with Gasteiger partial charge in [-0.2, -0.15) is 0 Å². The predicted molar refractivity (Wildman–Crippen MR) is 109 cm³/mol. The molecule has 0 amide bonds. The molecule has 0 saturated carbocycles. The van der Waals surface area contributed by atoms with E-state index in [4.69, 9.17) is 9.47 Å². The molecular weight excluding hydrogens is 368 g/mol. The van der Waals surface area contributed by atoms with Crippen molar-refractivity contribution in [1.82, 2.24) is 9.55 Å². The van der Waals surface area contributed by atoms with E-state index in [0.717, 1.165) is 0 Å². The van der Waals surface area contributed by atoms with E-state index >= 15 is 0 Å². The minimum atomic E-state index is -0.525. The third kappa shape index (κ3) is 3.73. The normalized spacial score (nSPS) is 10.7. The molecule has 0 aliphatic carbocycles. The number of benzene rings is 2. The highest BCUT2D eigenvalue weighted by Gasteiger charge is 2.17. The first-order valence-electron chi connectivity index (χ1n) is 9.03. The van der Waals surface area contributed by atoms with Crippen molar-refractivity contribution in [2.45, 2.75) is 6.61 Å². The van der Waals surface area contributed by atoms with Crippen molar-refractivity contribution in [3.05, 3.63) is 101 Å². The number of hydrogen-bond acceptors (Lipinski definition) is 5. The number of carbonyl (C=O) groups is 1. The molecule has 0 aliphatic heterocycles. The smallest absolute Gasteiger partial charge is 0.340 e. The van der Waals surface area contributed by atoms with Crippen LogP contribution in [0.4, 0.5) is 0 Å². The van der Waals surface area contributed by atoms with E-state index in [1.807, 2.05) is 6.07 Å². The van der Waals surface area contributed by atoms with Crippen molar-refractivity contribution in [2.24, 2.45) is 0 Å². The SMILES string of the molecule is COc1cccc(-n2cc(C(=O)OCc3ccccn3)c3ccccc3c2=O)c1. The summed E-state index contributed by atoms with van der Waals surface area (Å²) in [4.78, 5) is 30.1. The molecule has 0 unspecified atom stereocenters. The molecule has 0 atom stereocenters. The summed E-state index contributed by atoms with van der Waals surface area (Å²) in [5.41, 5.74) is 1.32. The predicted octanol–water partition coefficient (Wildman–Crippen LogP) is 3.75. The van der Waals surface area contributed by atoms with Crippen molar-refractivity contribution in [3.8, 4) is 11.4 Å². The summed E-state index contributed by atoms with van der Waals surface area (Å²) in [7, 11) is 1.56. The van der Waals surface area contributed by atoms with Gasteiger partial charge < -0.3 is 9.47 Å². The van der Waals surface area contributed by atoms with Gasteiger partial charge in [-0.3, -0.25) is 14.3 Å². The Bertz CT molecular complexity index is 1230. The molecule has 4 aromatic rings. The van der Waals surface area contributed by atoms with Crippen LogP contribution in [0, 0.1) is 0 Å². The molecule has 0 aliphatic rings. The van der Waals surface area contributed by atoms with Crippen molar-refractivity contribution < 1.29 is 14.3 Å². The molecule has 0 radical (unpaired) electrons. The number of nitrogens with zero attached hydrogens (tertiary/aromatic N) is 2. The number of carbonyl (C=O) groups excluding carboxylic acids is 1. The van der Waals surface area contributed by atoms with Crippen molar-refractivity contribution in [2.75, 3.05) is 7.11 Å². The molecule has 29 heavy (non-hydrogen) atoms. The monoisotopic (exact) mass is 386 g/mol. The molecule has 0 N–H and O–H groups in total. The van der Waals surface area contributed by atoms with Gasteiger partial charge >= 0.3 is 5.97 Å². The molecule has 2 heterocycles. The van der Waals surface area contributed by atoms with Crippen LogP contribution in [0.15, 0.2) is 83.9 Å².